The van der Waals surface area contributed by atoms with Gasteiger partial charge in [-0.2, -0.15) is 13.2 Å². The zero-order chi connectivity index (χ0) is 32.2. The molecule has 0 saturated heterocycles. The van der Waals surface area contributed by atoms with E-state index in [-0.39, 0.29) is 43.8 Å². The summed E-state index contributed by atoms with van der Waals surface area (Å²) in [7, 11) is -0.410. The van der Waals surface area contributed by atoms with Crippen LogP contribution in [0.1, 0.15) is 30.4 Å². The van der Waals surface area contributed by atoms with Crippen LogP contribution in [-0.2, 0) is 27.0 Å². The van der Waals surface area contributed by atoms with E-state index in [0.29, 0.717) is 25.2 Å². The minimum Gasteiger partial charge on any atom is -0.423 e. The molecular weight excluding hydrogens is 575 g/mol. The highest BCUT2D eigenvalue weighted by Crippen LogP contribution is 2.29. The summed E-state index contributed by atoms with van der Waals surface area (Å²) in [6.45, 7) is 1.54. The fourth-order valence-electron chi connectivity index (χ4n) is 4.10. The van der Waals surface area contributed by atoms with Crippen LogP contribution in [0.5, 0.6) is 0 Å². The number of nitrogens with two attached hydrogens (primary N) is 2. The minimum atomic E-state index is -4.52. The molecule has 2 atom stereocenters. The molecule has 0 aliphatic carbocycles. The standard InChI is InChI=1S/C27H37BF4N6O5/c1-35-13-15-38(14-12-33)24(39)11-9-22(34)25(40)37-23(10-4-17-2-5-18(6-3-17)27(30,31)32)26(41)36-19-7-8-21(29)20(16-19)28(42)43/h2-3,5-8,16,22-23,35,42-43H,4,9-15,33-34H2,1H3,(H,36,41)(H,37,40). The lowest BCUT2D eigenvalue weighted by atomic mass is 9.79. The monoisotopic (exact) mass is 612 g/mol. The normalized spacial score (nSPS) is 12.8. The molecule has 0 heterocycles. The summed E-state index contributed by atoms with van der Waals surface area (Å²) >= 11 is 0. The molecule has 2 rings (SSSR count). The number of alkyl halides is 3. The van der Waals surface area contributed by atoms with Gasteiger partial charge in [-0.05, 0) is 62.2 Å². The van der Waals surface area contributed by atoms with Crippen molar-refractivity contribution in [3.63, 3.8) is 0 Å². The minimum absolute atomic E-state index is 0.000242. The second-order valence-electron chi connectivity index (χ2n) is 9.81. The molecule has 11 nitrogen and oxygen atoms in total. The maximum Gasteiger partial charge on any atom is 0.491 e. The Balaban J connectivity index is 2.14. The molecule has 236 valence electrons. The smallest absolute Gasteiger partial charge is 0.423 e. The van der Waals surface area contributed by atoms with Crippen LogP contribution in [0.25, 0.3) is 0 Å². The third kappa shape index (κ3) is 11.6. The average Bonchev–Trinajstić information content (AvgIpc) is 2.96. The van der Waals surface area contributed by atoms with Gasteiger partial charge in [-0.3, -0.25) is 14.4 Å². The first-order valence-corrected chi connectivity index (χ1v) is 13.6. The Morgan fingerprint density at radius 1 is 1.02 bits per heavy atom. The first-order chi connectivity index (χ1) is 20.3. The van der Waals surface area contributed by atoms with Crippen LogP contribution >= 0.6 is 0 Å². The Labute approximate surface area is 247 Å². The number of hydrogen-bond donors (Lipinski definition) is 7. The highest BCUT2D eigenvalue weighted by Gasteiger charge is 2.30. The number of aryl methyl sites for hydroxylation is 1. The summed E-state index contributed by atoms with van der Waals surface area (Å²) in [4.78, 5) is 40.2. The molecule has 2 aromatic carbocycles. The molecule has 0 bridgehead atoms. The molecule has 2 aromatic rings. The summed E-state index contributed by atoms with van der Waals surface area (Å²) in [6.07, 6.45) is -4.57. The Kier molecular flexibility index (Phi) is 14.0. The quantitative estimate of drug-likeness (QED) is 0.0996. The highest BCUT2D eigenvalue weighted by molar-refractivity contribution is 6.58. The zero-order valence-electron chi connectivity index (χ0n) is 23.7. The molecule has 43 heavy (non-hydrogen) atoms. The van der Waals surface area contributed by atoms with E-state index in [1.54, 1.807) is 11.9 Å². The molecule has 0 aliphatic rings. The molecule has 0 fully saturated rings. The lowest BCUT2D eigenvalue weighted by Crippen LogP contribution is -2.50. The van der Waals surface area contributed by atoms with Crippen molar-refractivity contribution in [2.45, 2.75) is 43.9 Å². The number of nitrogens with zero attached hydrogens (tertiary/aromatic N) is 1. The van der Waals surface area contributed by atoms with Gasteiger partial charge in [0.1, 0.15) is 11.9 Å². The predicted octanol–water partition coefficient (Wildman–Crippen LogP) is -0.305. The number of carbonyl (C=O) groups excluding carboxylic acids is 3. The first kappa shape index (κ1) is 35.6. The van der Waals surface area contributed by atoms with Gasteiger partial charge in [0.25, 0.3) is 0 Å². The van der Waals surface area contributed by atoms with Gasteiger partial charge in [0.05, 0.1) is 11.6 Å². The average molecular weight is 612 g/mol. The zero-order valence-corrected chi connectivity index (χ0v) is 23.7. The van der Waals surface area contributed by atoms with Gasteiger partial charge < -0.3 is 42.4 Å². The number of amides is 3. The van der Waals surface area contributed by atoms with Gasteiger partial charge in [-0.25, -0.2) is 4.39 Å². The number of anilines is 1. The van der Waals surface area contributed by atoms with Crippen LogP contribution in [0, 0.1) is 5.82 Å². The van der Waals surface area contributed by atoms with Crippen LogP contribution in [0.2, 0.25) is 0 Å². The van der Waals surface area contributed by atoms with Gasteiger partial charge in [0.15, 0.2) is 0 Å². The molecule has 16 heteroatoms. The summed E-state index contributed by atoms with van der Waals surface area (Å²) in [5, 5.41) is 26.6. The maximum absolute atomic E-state index is 13.9. The summed E-state index contributed by atoms with van der Waals surface area (Å²) in [5.74, 6) is -2.68. The molecule has 3 amide bonds. The van der Waals surface area contributed by atoms with Crippen molar-refractivity contribution in [2.24, 2.45) is 11.5 Å². The third-order valence-electron chi connectivity index (χ3n) is 6.57. The van der Waals surface area contributed by atoms with Crippen LogP contribution in [0.15, 0.2) is 42.5 Å². The second-order valence-corrected chi connectivity index (χ2v) is 9.81. The number of likely N-dealkylation sites (N-methyl/N-ethyl adjacent to an activating group) is 1. The largest absolute Gasteiger partial charge is 0.491 e. The summed E-state index contributed by atoms with van der Waals surface area (Å²) in [5.41, 5.74) is 10.7. The lowest BCUT2D eigenvalue weighted by molar-refractivity contribution is -0.137. The topological polar surface area (TPSA) is 183 Å². The molecule has 2 unspecified atom stereocenters. The van der Waals surface area contributed by atoms with Gasteiger partial charge in [0.2, 0.25) is 17.7 Å². The number of halogens is 4. The van der Waals surface area contributed by atoms with Crippen molar-refractivity contribution in [1.82, 2.24) is 15.5 Å². The third-order valence-corrected chi connectivity index (χ3v) is 6.57. The number of benzene rings is 2. The van der Waals surface area contributed by atoms with Crippen LogP contribution in [-0.4, -0.2) is 85.1 Å². The van der Waals surface area contributed by atoms with Crippen LogP contribution in [0.4, 0.5) is 23.2 Å². The predicted molar refractivity (Wildman–Crippen MR) is 153 cm³/mol. The van der Waals surface area contributed by atoms with Crippen molar-refractivity contribution in [1.29, 1.82) is 0 Å². The molecule has 0 aromatic heterocycles. The van der Waals surface area contributed by atoms with E-state index < -0.39 is 54.0 Å². The van der Waals surface area contributed by atoms with Crippen molar-refractivity contribution in [2.75, 3.05) is 38.5 Å². The Hall–Kier alpha value is -3.57. The van der Waals surface area contributed by atoms with Crippen molar-refractivity contribution < 1.29 is 42.0 Å². The molecule has 9 N–H and O–H groups in total. The van der Waals surface area contributed by atoms with Crippen LogP contribution in [0.3, 0.4) is 0 Å². The highest BCUT2D eigenvalue weighted by atomic mass is 19.4. The van der Waals surface area contributed by atoms with Gasteiger partial charge in [0, 0.05) is 43.8 Å². The van der Waals surface area contributed by atoms with Crippen molar-refractivity contribution in [3.8, 4) is 0 Å². The SMILES string of the molecule is CNCCN(CCN)C(=O)CCC(N)C(=O)NC(CCc1ccc(C(F)(F)F)cc1)C(=O)Nc1ccc(F)c(B(O)O)c1. The Morgan fingerprint density at radius 3 is 2.28 bits per heavy atom. The number of nitrogens with one attached hydrogen (secondary N) is 3. The maximum atomic E-state index is 13.9. The number of hydrogen-bond acceptors (Lipinski definition) is 8. The van der Waals surface area contributed by atoms with E-state index in [9.17, 15) is 42.0 Å². The van der Waals surface area contributed by atoms with Gasteiger partial charge >= 0.3 is 13.3 Å². The van der Waals surface area contributed by atoms with Crippen molar-refractivity contribution in [3.05, 3.63) is 59.4 Å². The van der Waals surface area contributed by atoms with E-state index in [4.69, 9.17) is 11.5 Å². The molecule has 0 saturated carbocycles. The van der Waals surface area contributed by atoms with E-state index in [1.165, 1.54) is 18.2 Å². The van der Waals surface area contributed by atoms with Crippen molar-refractivity contribution >= 4 is 36.0 Å². The first-order valence-electron chi connectivity index (χ1n) is 13.6. The summed E-state index contributed by atoms with van der Waals surface area (Å²) < 4.78 is 52.6. The number of rotatable bonds is 16. The fraction of sp³-hybridized carbons (Fsp3) is 0.444. The van der Waals surface area contributed by atoms with E-state index in [1.807, 2.05) is 0 Å². The summed E-state index contributed by atoms with van der Waals surface area (Å²) in [6, 6.07) is 5.00. The Morgan fingerprint density at radius 2 is 1.70 bits per heavy atom. The second kappa shape index (κ2) is 16.9. The lowest BCUT2D eigenvalue weighted by Gasteiger charge is -2.23. The molecular formula is C27H37BF4N6O5. The van der Waals surface area contributed by atoms with E-state index >= 15 is 0 Å². The molecule has 0 aliphatic heterocycles. The van der Waals surface area contributed by atoms with E-state index in [0.717, 1.165) is 24.3 Å². The van der Waals surface area contributed by atoms with E-state index in [2.05, 4.69) is 16.0 Å². The van der Waals surface area contributed by atoms with Gasteiger partial charge in [-0.15, -0.1) is 0 Å². The van der Waals surface area contributed by atoms with Gasteiger partial charge in [-0.1, -0.05) is 12.1 Å². The molecule has 0 spiro atoms. The molecule has 0 radical (unpaired) electrons. The number of carbonyl (C=O) groups is 3. The fourth-order valence-corrected chi connectivity index (χ4v) is 4.10. The Bertz CT molecular complexity index is 1220. The van der Waals surface area contributed by atoms with Crippen LogP contribution < -0.4 is 32.9 Å².